The lowest BCUT2D eigenvalue weighted by Crippen LogP contribution is -2.17. The summed E-state index contributed by atoms with van der Waals surface area (Å²) in [7, 11) is 0. The van der Waals surface area contributed by atoms with Gasteiger partial charge in [-0.15, -0.1) is 0 Å². The number of carbonyl (C=O) groups is 1. The zero-order chi connectivity index (χ0) is 11.8. The van der Waals surface area contributed by atoms with E-state index in [0.717, 1.165) is 0 Å². The normalized spacial score (nSPS) is 10.6. The summed E-state index contributed by atoms with van der Waals surface area (Å²) in [6, 6.07) is 5.01. The maximum atomic E-state index is 11.3. The molecule has 0 amide bonds. The van der Waals surface area contributed by atoms with Crippen molar-refractivity contribution in [2.45, 2.75) is 19.9 Å². The highest BCUT2D eigenvalue weighted by Gasteiger charge is 1.94. The number of rotatable bonds is 5. The van der Waals surface area contributed by atoms with Crippen molar-refractivity contribution in [2.24, 2.45) is 0 Å². The van der Waals surface area contributed by atoms with Crippen LogP contribution in [0.5, 0.6) is 0 Å². The van der Waals surface area contributed by atoms with Crippen molar-refractivity contribution in [3.8, 4) is 0 Å². The number of hydrogen-bond acceptors (Lipinski definition) is 3. The molecule has 0 aliphatic heterocycles. The minimum absolute atomic E-state index is 0.0352. The van der Waals surface area contributed by atoms with Crippen molar-refractivity contribution in [3.63, 3.8) is 0 Å². The molecule has 1 aromatic rings. The van der Waals surface area contributed by atoms with E-state index in [1.807, 2.05) is 0 Å². The van der Waals surface area contributed by atoms with Gasteiger partial charge in [0, 0.05) is 24.9 Å². The molecule has 1 aromatic heterocycles. The Morgan fingerprint density at radius 2 is 2.31 bits per heavy atom. The summed E-state index contributed by atoms with van der Waals surface area (Å²) in [4.78, 5) is 22.2. The molecule has 0 aromatic carbocycles. The largest absolute Gasteiger partial charge is 0.463 e. The van der Waals surface area contributed by atoms with Gasteiger partial charge in [0.05, 0.1) is 6.61 Å². The van der Waals surface area contributed by atoms with E-state index in [2.05, 4.69) is 0 Å². The smallest absolute Gasteiger partial charge is 0.330 e. The highest BCUT2D eigenvalue weighted by Crippen LogP contribution is 1.90. The maximum Gasteiger partial charge on any atom is 0.330 e. The molecule has 0 atom stereocenters. The summed E-state index contributed by atoms with van der Waals surface area (Å²) in [5.41, 5.74) is -0.0352. The molecule has 86 valence electrons. The SMILES string of the molecule is CCOC(=O)/C=C/CCn1ccccc1=O. The van der Waals surface area contributed by atoms with E-state index >= 15 is 0 Å². The average molecular weight is 221 g/mol. The Morgan fingerprint density at radius 1 is 1.50 bits per heavy atom. The minimum Gasteiger partial charge on any atom is -0.463 e. The van der Waals surface area contributed by atoms with Gasteiger partial charge in [0.2, 0.25) is 0 Å². The van der Waals surface area contributed by atoms with Crippen LogP contribution in [0.4, 0.5) is 0 Å². The first-order chi connectivity index (χ1) is 7.74. The molecule has 0 aliphatic rings. The summed E-state index contributed by atoms with van der Waals surface area (Å²) in [6.07, 6.45) is 5.44. The standard InChI is InChI=1S/C12H15NO3/c1-2-16-12(15)8-4-6-10-13-9-5-3-7-11(13)14/h3-5,7-9H,2,6,10H2,1H3/b8-4+. The van der Waals surface area contributed by atoms with Crippen LogP contribution in [0.1, 0.15) is 13.3 Å². The quantitative estimate of drug-likeness (QED) is 0.557. The highest BCUT2D eigenvalue weighted by molar-refractivity contribution is 5.81. The first-order valence-electron chi connectivity index (χ1n) is 5.23. The Labute approximate surface area is 94.2 Å². The molecule has 0 spiro atoms. The van der Waals surface area contributed by atoms with Crippen LogP contribution in [0.3, 0.4) is 0 Å². The van der Waals surface area contributed by atoms with Crippen molar-refractivity contribution in [1.29, 1.82) is 0 Å². The molecule has 1 rings (SSSR count). The zero-order valence-electron chi connectivity index (χ0n) is 9.26. The van der Waals surface area contributed by atoms with Gasteiger partial charge in [-0.1, -0.05) is 12.1 Å². The van der Waals surface area contributed by atoms with Gasteiger partial charge in [0.1, 0.15) is 0 Å². The van der Waals surface area contributed by atoms with Gasteiger partial charge < -0.3 is 9.30 Å². The molecule has 0 aliphatic carbocycles. The molecule has 0 radical (unpaired) electrons. The summed E-state index contributed by atoms with van der Waals surface area (Å²) < 4.78 is 6.32. The van der Waals surface area contributed by atoms with Crippen molar-refractivity contribution >= 4 is 5.97 Å². The molecular formula is C12H15NO3. The number of esters is 1. The molecule has 4 heteroatoms. The predicted octanol–water partition coefficient (Wildman–Crippen LogP) is 1.36. The lowest BCUT2D eigenvalue weighted by molar-refractivity contribution is -0.137. The van der Waals surface area contributed by atoms with E-state index in [1.165, 1.54) is 12.1 Å². The van der Waals surface area contributed by atoms with E-state index in [9.17, 15) is 9.59 Å². The third-order valence-electron chi connectivity index (χ3n) is 1.98. The van der Waals surface area contributed by atoms with Crippen LogP contribution in [-0.4, -0.2) is 17.1 Å². The van der Waals surface area contributed by atoms with Gasteiger partial charge in [0.25, 0.3) is 5.56 Å². The van der Waals surface area contributed by atoms with Gasteiger partial charge in [-0.2, -0.15) is 0 Å². The topological polar surface area (TPSA) is 48.3 Å². The first kappa shape index (κ1) is 12.2. The number of nitrogens with zero attached hydrogens (tertiary/aromatic N) is 1. The monoisotopic (exact) mass is 221 g/mol. The predicted molar refractivity (Wildman–Crippen MR) is 61.1 cm³/mol. The van der Waals surface area contributed by atoms with E-state index < -0.39 is 0 Å². The number of aryl methyl sites for hydroxylation is 1. The zero-order valence-corrected chi connectivity index (χ0v) is 9.26. The summed E-state index contributed by atoms with van der Waals surface area (Å²) in [6.45, 7) is 2.70. The third-order valence-corrected chi connectivity index (χ3v) is 1.98. The molecular weight excluding hydrogens is 206 g/mol. The van der Waals surface area contributed by atoms with E-state index in [-0.39, 0.29) is 11.5 Å². The fourth-order valence-electron chi connectivity index (χ4n) is 1.23. The van der Waals surface area contributed by atoms with Crippen LogP contribution in [0.2, 0.25) is 0 Å². The number of allylic oxidation sites excluding steroid dienone is 1. The molecule has 0 saturated heterocycles. The van der Waals surface area contributed by atoms with Crippen LogP contribution in [0.25, 0.3) is 0 Å². The Hall–Kier alpha value is -1.84. The Morgan fingerprint density at radius 3 is 3.00 bits per heavy atom. The van der Waals surface area contributed by atoms with Crippen molar-refractivity contribution < 1.29 is 9.53 Å². The number of ether oxygens (including phenoxy) is 1. The van der Waals surface area contributed by atoms with Gasteiger partial charge in [0.15, 0.2) is 0 Å². The van der Waals surface area contributed by atoms with Crippen LogP contribution in [0, 0.1) is 0 Å². The van der Waals surface area contributed by atoms with Crippen molar-refractivity contribution in [2.75, 3.05) is 6.61 Å². The number of aromatic nitrogens is 1. The first-order valence-corrected chi connectivity index (χ1v) is 5.23. The van der Waals surface area contributed by atoms with Gasteiger partial charge in [-0.25, -0.2) is 4.79 Å². The fourth-order valence-corrected chi connectivity index (χ4v) is 1.23. The summed E-state index contributed by atoms with van der Waals surface area (Å²) in [5, 5.41) is 0. The second-order valence-corrected chi connectivity index (χ2v) is 3.18. The number of pyridine rings is 1. The van der Waals surface area contributed by atoms with Gasteiger partial charge in [-0.3, -0.25) is 4.79 Å². The molecule has 16 heavy (non-hydrogen) atoms. The minimum atomic E-state index is -0.345. The van der Waals surface area contributed by atoms with Crippen molar-refractivity contribution in [3.05, 3.63) is 46.9 Å². The molecule has 0 fully saturated rings. The third kappa shape index (κ3) is 4.13. The van der Waals surface area contributed by atoms with E-state index in [4.69, 9.17) is 4.74 Å². The van der Waals surface area contributed by atoms with Gasteiger partial charge >= 0.3 is 5.97 Å². The van der Waals surface area contributed by atoms with Crippen LogP contribution >= 0.6 is 0 Å². The Kier molecular flexibility index (Phi) is 5.05. The Balaban J connectivity index is 2.39. The molecule has 0 N–H and O–H groups in total. The number of carbonyl (C=O) groups excluding carboxylic acids is 1. The summed E-state index contributed by atoms with van der Waals surface area (Å²) >= 11 is 0. The highest BCUT2D eigenvalue weighted by atomic mass is 16.5. The fraction of sp³-hybridized carbons (Fsp3) is 0.333. The lowest BCUT2D eigenvalue weighted by atomic mass is 10.3. The molecule has 0 bridgehead atoms. The molecule has 1 heterocycles. The van der Waals surface area contributed by atoms with E-state index in [1.54, 1.807) is 35.9 Å². The second-order valence-electron chi connectivity index (χ2n) is 3.18. The molecule has 0 saturated carbocycles. The number of hydrogen-bond donors (Lipinski definition) is 0. The molecule has 4 nitrogen and oxygen atoms in total. The average Bonchev–Trinajstić information content (AvgIpc) is 2.27. The van der Waals surface area contributed by atoms with Crippen LogP contribution in [0.15, 0.2) is 41.3 Å². The second kappa shape index (κ2) is 6.61. The maximum absolute atomic E-state index is 11.3. The van der Waals surface area contributed by atoms with Crippen molar-refractivity contribution in [1.82, 2.24) is 4.57 Å². The van der Waals surface area contributed by atoms with Crippen LogP contribution < -0.4 is 5.56 Å². The van der Waals surface area contributed by atoms with E-state index in [0.29, 0.717) is 19.6 Å². The molecule has 0 unspecified atom stereocenters. The Bertz CT molecular complexity index is 420. The van der Waals surface area contributed by atoms with Crippen LogP contribution in [-0.2, 0) is 16.1 Å². The lowest BCUT2D eigenvalue weighted by Gasteiger charge is -2.01. The summed E-state index contributed by atoms with van der Waals surface area (Å²) in [5.74, 6) is -0.345. The van der Waals surface area contributed by atoms with Gasteiger partial charge in [-0.05, 0) is 19.4 Å².